The van der Waals surface area contributed by atoms with Crippen molar-refractivity contribution in [2.45, 2.75) is 39.2 Å². The van der Waals surface area contributed by atoms with Crippen molar-refractivity contribution in [2.75, 3.05) is 5.33 Å². The molecule has 0 bridgehead atoms. The third-order valence-corrected chi connectivity index (χ3v) is 3.63. The molecule has 2 nitrogen and oxygen atoms in total. The molecule has 0 spiro atoms. The fourth-order valence-corrected chi connectivity index (χ4v) is 2.58. The van der Waals surface area contributed by atoms with Crippen LogP contribution in [-0.2, 0) is 0 Å². The minimum Gasteiger partial charge on any atom is -0.347 e. The molecule has 94 valence electrons. The zero-order chi connectivity index (χ0) is 12.9. The number of hydrogen-bond acceptors (Lipinski definition) is 1. The van der Waals surface area contributed by atoms with Crippen molar-refractivity contribution in [2.24, 2.45) is 0 Å². The fourth-order valence-electron chi connectivity index (χ4n) is 1.71. The molecule has 1 atom stereocenters. The van der Waals surface area contributed by atoms with Gasteiger partial charge in [0.05, 0.1) is 0 Å². The molecule has 1 amide bonds. The van der Waals surface area contributed by atoms with Crippen LogP contribution < -0.4 is 5.32 Å². The van der Waals surface area contributed by atoms with E-state index in [4.69, 9.17) is 0 Å². The maximum atomic E-state index is 12.2. The van der Waals surface area contributed by atoms with Crippen LogP contribution in [0.4, 0.5) is 0 Å². The summed E-state index contributed by atoms with van der Waals surface area (Å²) in [5.74, 6) is 0.0217. The zero-order valence-corrected chi connectivity index (χ0v) is 12.3. The number of nitrogens with one attached hydrogen (secondary N) is 1. The third-order valence-electron chi connectivity index (χ3n) is 3.23. The van der Waals surface area contributed by atoms with E-state index >= 15 is 0 Å². The summed E-state index contributed by atoms with van der Waals surface area (Å²) in [5.41, 5.74) is 1.65. The SMILES string of the molecule is CCC(C)(CCBr)NC(=O)c1ccccc1C. The highest BCUT2D eigenvalue weighted by molar-refractivity contribution is 9.09. The first-order chi connectivity index (χ1) is 8.02. The molecule has 0 fully saturated rings. The minimum atomic E-state index is -0.136. The first kappa shape index (κ1) is 14.2. The predicted molar refractivity (Wildman–Crippen MR) is 75.8 cm³/mol. The second-order valence-electron chi connectivity index (χ2n) is 4.62. The van der Waals surface area contributed by atoms with E-state index in [0.29, 0.717) is 0 Å². The van der Waals surface area contributed by atoms with Gasteiger partial charge >= 0.3 is 0 Å². The summed E-state index contributed by atoms with van der Waals surface area (Å²) in [5, 5.41) is 4.03. The third kappa shape index (κ3) is 3.84. The van der Waals surface area contributed by atoms with E-state index in [-0.39, 0.29) is 11.4 Å². The van der Waals surface area contributed by atoms with E-state index in [1.54, 1.807) is 0 Å². The molecule has 1 unspecified atom stereocenters. The quantitative estimate of drug-likeness (QED) is 0.826. The Balaban J connectivity index is 2.82. The maximum absolute atomic E-state index is 12.2. The van der Waals surface area contributed by atoms with Crippen LogP contribution in [0.25, 0.3) is 0 Å². The maximum Gasteiger partial charge on any atom is 0.251 e. The van der Waals surface area contributed by atoms with Crippen molar-refractivity contribution in [1.29, 1.82) is 0 Å². The Labute approximate surface area is 112 Å². The molecule has 0 radical (unpaired) electrons. The molecule has 3 heteroatoms. The van der Waals surface area contributed by atoms with Crippen LogP contribution >= 0.6 is 15.9 Å². The average Bonchev–Trinajstić information content (AvgIpc) is 2.29. The van der Waals surface area contributed by atoms with Crippen molar-refractivity contribution in [3.63, 3.8) is 0 Å². The number of carbonyl (C=O) groups excluding carboxylic acids is 1. The van der Waals surface area contributed by atoms with Gasteiger partial charge in [0.2, 0.25) is 0 Å². The first-order valence-corrected chi connectivity index (χ1v) is 7.08. The number of benzene rings is 1. The van der Waals surface area contributed by atoms with Crippen LogP contribution in [0, 0.1) is 6.92 Å². The first-order valence-electron chi connectivity index (χ1n) is 5.96. The standard InChI is InChI=1S/C14H20BrNO/c1-4-14(3,9-10-15)16-13(17)12-8-6-5-7-11(12)2/h5-8H,4,9-10H2,1-3H3,(H,16,17). The molecule has 0 aliphatic rings. The van der Waals surface area contributed by atoms with Gasteiger partial charge in [-0.25, -0.2) is 0 Å². The normalized spacial score (nSPS) is 14.1. The Bertz CT molecular complexity index is 392. The highest BCUT2D eigenvalue weighted by atomic mass is 79.9. The summed E-state index contributed by atoms with van der Waals surface area (Å²) in [4.78, 5) is 12.2. The van der Waals surface area contributed by atoms with Crippen molar-refractivity contribution < 1.29 is 4.79 Å². The Morgan fingerprint density at radius 1 is 1.41 bits per heavy atom. The van der Waals surface area contributed by atoms with E-state index in [1.807, 2.05) is 31.2 Å². The number of amides is 1. The predicted octanol–water partition coefficient (Wildman–Crippen LogP) is 3.68. The second-order valence-corrected chi connectivity index (χ2v) is 5.42. The lowest BCUT2D eigenvalue weighted by atomic mass is 9.94. The van der Waals surface area contributed by atoms with Crippen molar-refractivity contribution in [3.8, 4) is 0 Å². The molecule has 1 aromatic rings. The Morgan fingerprint density at radius 3 is 2.59 bits per heavy atom. The molecule has 1 rings (SSSR count). The van der Waals surface area contributed by atoms with Crippen LogP contribution in [0.5, 0.6) is 0 Å². The van der Waals surface area contributed by atoms with Gasteiger partial charge in [-0.2, -0.15) is 0 Å². The molecule has 0 aromatic heterocycles. The Kier molecular flexibility index (Phi) is 5.19. The smallest absolute Gasteiger partial charge is 0.251 e. The molecule has 0 heterocycles. The van der Waals surface area contributed by atoms with E-state index in [9.17, 15) is 4.79 Å². The van der Waals surface area contributed by atoms with E-state index < -0.39 is 0 Å². The number of halogens is 1. The molecule has 0 saturated carbocycles. The summed E-state index contributed by atoms with van der Waals surface area (Å²) in [6.07, 6.45) is 1.86. The van der Waals surface area contributed by atoms with E-state index in [0.717, 1.165) is 29.3 Å². The zero-order valence-electron chi connectivity index (χ0n) is 10.7. The lowest BCUT2D eigenvalue weighted by molar-refractivity contribution is 0.0901. The van der Waals surface area contributed by atoms with Gasteiger partial charge < -0.3 is 5.32 Å². The monoisotopic (exact) mass is 297 g/mol. The molecule has 1 aromatic carbocycles. The summed E-state index contributed by atoms with van der Waals surface area (Å²) < 4.78 is 0. The minimum absolute atomic E-state index is 0.0217. The molecule has 17 heavy (non-hydrogen) atoms. The van der Waals surface area contributed by atoms with Gasteiger partial charge in [-0.3, -0.25) is 4.79 Å². The fraction of sp³-hybridized carbons (Fsp3) is 0.500. The summed E-state index contributed by atoms with van der Waals surface area (Å²) in [6, 6.07) is 7.68. The van der Waals surface area contributed by atoms with Crippen LogP contribution in [0.3, 0.4) is 0 Å². The van der Waals surface area contributed by atoms with Gasteiger partial charge in [0.25, 0.3) is 5.91 Å². The lowest BCUT2D eigenvalue weighted by Crippen LogP contribution is -2.46. The van der Waals surface area contributed by atoms with Crippen LogP contribution in [0.1, 0.15) is 42.6 Å². The van der Waals surface area contributed by atoms with E-state index in [2.05, 4.69) is 35.1 Å². The molecule has 0 aliphatic heterocycles. The van der Waals surface area contributed by atoms with Crippen molar-refractivity contribution in [3.05, 3.63) is 35.4 Å². The van der Waals surface area contributed by atoms with Gasteiger partial charge in [0, 0.05) is 16.4 Å². The van der Waals surface area contributed by atoms with Crippen LogP contribution in [0.2, 0.25) is 0 Å². The molecule has 1 N–H and O–H groups in total. The largest absolute Gasteiger partial charge is 0.347 e. The molecule has 0 aliphatic carbocycles. The molecular weight excluding hydrogens is 278 g/mol. The molecule has 0 saturated heterocycles. The van der Waals surface area contributed by atoms with E-state index in [1.165, 1.54) is 0 Å². The topological polar surface area (TPSA) is 29.1 Å². The van der Waals surface area contributed by atoms with Crippen molar-refractivity contribution in [1.82, 2.24) is 5.32 Å². The van der Waals surface area contributed by atoms with Crippen LogP contribution in [0.15, 0.2) is 24.3 Å². The highest BCUT2D eigenvalue weighted by Gasteiger charge is 2.24. The van der Waals surface area contributed by atoms with Gasteiger partial charge in [0.15, 0.2) is 0 Å². The van der Waals surface area contributed by atoms with Crippen molar-refractivity contribution >= 4 is 21.8 Å². The average molecular weight is 298 g/mol. The van der Waals surface area contributed by atoms with Gasteiger partial charge in [-0.15, -0.1) is 0 Å². The number of carbonyl (C=O) groups is 1. The van der Waals surface area contributed by atoms with Crippen LogP contribution in [-0.4, -0.2) is 16.8 Å². The number of hydrogen-bond donors (Lipinski definition) is 1. The lowest BCUT2D eigenvalue weighted by Gasteiger charge is -2.29. The summed E-state index contributed by atoms with van der Waals surface area (Å²) in [7, 11) is 0. The van der Waals surface area contributed by atoms with Gasteiger partial charge in [-0.05, 0) is 38.3 Å². The Hall–Kier alpha value is -0.830. The Morgan fingerprint density at radius 2 is 2.06 bits per heavy atom. The number of rotatable bonds is 5. The summed E-state index contributed by atoms with van der Waals surface area (Å²) in [6.45, 7) is 6.15. The highest BCUT2D eigenvalue weighted by Crippen LogP contribution is 2.17. The second kappa shape index (κ2) is 6.20. The number of alkyl halides is 1. The summed E-state index contributed by atoms with van der Waals surface area (Å²) >= 11 is 3.44. The van der Waals surface area contributed by atoms with Gasteiger partial charge in [0.1, 0.15) is 0 Å². The van der Waals surface area contributed by atoms with Gasteiger partial charge in [-0.1, -0.05) is 41.1 Å². The number of aryl methyl sites for hydroxylation is 1. The molecular formula is C14H20BrNO.